The van der Waals surface area contributed by atoms with Crippen LogP contribution in [0.15, 0.2) is 71.7 Å². The summed E-state index contributed by atoms with van der Waals surface area (Å²) >= 11 is 5.94. The number of methoxy groups -OCH3 is 1. The lowest BCUT2D eigenvalue weighted by atomic mass is 9.86. The fourth-order valence-corrected chi connectivity index (χ4v) is 6.58. The molecule has 1 amide bonds. The van der Waals surface area contributed by atoms with Crippen molar-refractivity contribution in [2.24, 2.45) is 0 Å². The minimum Gasteiger partial charge on any atom is -0.478 e. The standard InChI is InChI=1S/C34H32ClFN4O6/c1-46-22-12-15-38(16-13-22)27-6-2-4-24-23(27)14-17-39(31(24)29(41)18-20-8-10-21(11-9-20)34(44)45)33(43)25-19-40(37-32(25)42)28-7-3-5-26(35)30(28)36/h2-11,19,22,31H,12-18H2,1H3,(H,37,42)(H,44,45). The Labute approximate surface area is 268 Å². The smallest absolute Gasteiger partial charge is 0.335 e. The number of nitrogens with zero attached hydrogens (tertiary/aromatic N) is 3. The van der Waals surface area contributed by atoms with Crippen molar-refractivity contribution in [3.8, 4) is 5.69 Å². The Balaban J connectivity index is 1.37. The van der Waals surface area contributed by atoms with E-state index in [4.69, 9.17) is 16.3 Å². The van der Waals surface area contributed by atoms with E-state index < -0.39 is 29.3 Å². The first kappa shape index (κ1) is 31.3. The first-order valence-corrected chi connectivity index (χ1v) is 15.4. The number of aromatic amines is 1. The lowest BCUT2D eigenvalue weighted by molar-refractivity contribution is -0.123. The van der Waals surface area contributed by atoms with Gasteiger partial charge in [-0.25, -0.2) is 9.18 Å². The predicted octanol–water partition coefficient (Wildman–Crippen LogP) is 4.82. The summed E-state index contributed by atoms with van der Waals surface area (Å²) in [6, 6.07) is 15.1. The lowest BCUT2D eigenvalue weighted by Gasteiger charge is -2.40. The van der Waals surface area contributed by atoms with Gasteiger partial charge in [0, 0.05) is 45.0 Å². The number of piperidine rings is 1. The van der Waals surface area contributed by atoms with Crippen LogP contribution in [0.3, 0.4) is 0 Å². The maximum atomic E-state index is 14.8. The summed E-state index contributed by atoms with van der Waals surface area (Å²) in [6.07, 6.45) is 3.54. The van der Waals surface area contributed by atoms with Crippen LogP contribution in [0.4, 0.5) is 10.1 Å². The molecule has 0 bridgehead atoms. The summed E-state index contributed by atoms with van der Waals surface area (Å²) < 4.78 is 21.4. The average Bonchev–Trinajstić information content (AvgIpc) is 3.46. The van der Waals surface area contributed by atoms with Crippen molar-refractivity contribution < 1.29 is 28.6 Å². The van der Waals surface area contributed by atoms with Crippen LogP contribution in [-0.2, 0) is 22.4 Å². The number of Topliss-reactive ketones (excluding diaryl/α,β-unsaturated/α-hetero) is 1. The van der Waals surface area contributed by atoms with E-state index >= 15 is 0 Å². The molecule has 1 atom stereocenters. The SMILES string of the molecule is COC1CCN(c2cccc3c2CCN(C(=O)c2cn(-c4cccc(Cl)c4F)[nH]c2=O)C3C(=O)Cc2ccc(C(=O)O)cc2)CC1. The monoisotopic (exact) mass is 646 g/mol. The number of benzene rings is 3. The molecular formula is C34H32ClFN4O6. The highest BCUT2D eigenvalue weighted by Crippen LogP contribution is 2.38. The van der Waals surface area contributed by atoms with E-state index in [1.807, 2.05) is 18.2 Å². The van der Waals surface area contributed by atoms with Gasteiger partial charge in [0.25, 0.3) is 11.5 Å². The van der Waals surface area contributed by atoms with Crippen LogP contribution in [0.25, 0.3) is 5.69 Å². The Morgan fingerprint density at radius 2 is 1.70 bits per heavy atom. The lowest BCUT2D eigenvalue weighted by Crippen LogP contribution is -2.46. The van der Waals surface area contributed by atoms with Crippen LogP contribution < -0.4 is 10.5 Å². The summed E-state index contributed by atoms with van der Waals surface area (Å²) in [7, 11) is 1.71. The number of anilines is 1. The van der Waals surface area contributed by atoms with E-state index in [1.54, 1.807) is 19.2 Å². The van der Waals surface area contributed by atoms with Crippen molar-refractivity contribution in [3.63, 3.8) is 0 Å². The maximum Gasteiger partial charge on any atom is 0.335 e. The van der Waals surface area contributed by atoms with Crippen LogP contribution in [0.2, 0.25) is 5.02 Å². The summed E-state index contributed by atoms with van der Waals surface area (Å²) in [5.41, 5.74) is 2.31. The van der Waals surface area contributed by atoms with E-state index in [0.29, 0.717) is 17.5 Å². The van der Waals surface area contributed by atoms with Gasteiger partial charge in [-0.05, 0) is 66.3 Å². The number of H-pyrrole nitrogens is 1. The number of fused-ring (bicyclic) bond motifs is 1. The fraction of sp³-hybridized carbons (Fsp3) is 0.294. The number of rotatable bonds is 8. The molecule has 10 nitrogen and oxygen atoms in total. The number of nitrogens with one attached hydrogen (secondary N) is 1. The second-order valence-corrected chi connectivity index (χ2v) is 11.9. The summed E-state index contributed by atoms with van der Waals surface area (Å²) in [6.45, 7) is 1.74. The van der Waals surface area contributed by atoms with E-state index in [0.717, 1.165) is 41.9 Å². The third kappa shape index (κ3) is 5.95. The molecule has 2 aliphatic heterocycles. The highest BCUT2D eigenvalue weighted by atomic mass is 35.5. The Bertz CT molecular complexity index is 1860. The molecule has 1 aromatic heterocycles. The summed E-state index contributed by atoms with van der Waals surface area (Å²) in [5, 5.41) is 11.6. The van der Waals surface area contributed by atoms with E-state index in [-0.39, 0.29) is 46.7 Å². The quantitative estimate of drug-likeness (QED) is 0.281. The topological polar surface area (TPSA) is 125 Å². The van der Waals surface area contributed by atoms with Gasteiger partial charge < -0.3 is 19.6 Å². The zero-order chi connectivity index (χ0) is 32.5. The number of carboxylic acid groups (broad SMARTS) is 1. The van der Waals surface area contributed by atoms with Gasteiger partial charge in [0.15, 0.2) is 11.6 Å². The second-order valence-electron chi connectivity index (χ2n) is 11.5. The number of amides is 1. The molecule has 6 rings (SSSR count). The molecular weight excluding hydrogens is 615 g/mol. The molecule has 0 aliphatic carbocycles. The van der Waals surface area contributed by atoms with Crippen LogP contribution in [0.5, 0.6) is 0 Å². The molecule has 46 heavy (non-hydrogen) atoms. The predicted molar refractivity (Wildman–Crippen MR) is 170 cm³/mol. The van der Waals surface area contributed by atoms with Gasteiger partial charge >= 0.3 is 5.97 Å². The number of carbonyl (C=O) groups is 3. The minimum atomic E-state index is -1.08. The largest absolute Gasteiger partial charge is 0.478 e. The molecule has 2 N–H and O–H groups in total. The molecule has 0 spiro atoms. The Morgan fingerprint density at radius 3 is 2.39 bits per heavy atom. The van der Waals surface area contributed by atoms with Crippen molar-refractivity contribution in [1.82, 2.24) is 14.7 Å². The molecule has 0 saturated carbocycles. The third-order valence-electron chi connectivity index (χ3n) is 8.80. The highest BCUT2D eigenvalue weighted by Gasteiger charge is 2.39. The van der Waals surface area contributed by atoms with Crippen molar-refractivity contribution in [2.45, 2.75) is 37.8 Å². The Kier molecular flexibility index (Phi) is 8.79. The van der Waals surface area contributed by atoms with Crippen LogP contribution in [-0.4, -0.2) is 70.3 Å². The molecule has 2 aliphatic rings. The molecule has 1 fully saturated rings. The summed E-state index contributed by atoms with van der Waals surface area (Å²) in [4.78, 5) is 56.4. The fourth-order valence-electron chi connectivity index (χ4n) is 6.41. The second kappa shape index (κ2) is 12.9. The van der Waals surface area contributed by atoms with E-state index in [9.17, 15) is 28.7 Å². The van der Waals surface area contributed by atoms with Gasteiger partial charge in [-0.2, -0.15) is 0 Å². The third-order valence-corrected chi connectivity index (χ3v) is 9.10. The number of halogens is 2. The van der Waals surface area contributed by atoms with Crippen molar-refractivity contribution in [1.29, 1.82) is 0 Å². The molecule has 3 aromatic carbocycles. The van der Waals surface area contributed by atoms with Crippen molar-refractivity contribution in [2.75, 3.05) is 31.6 Å². The molecule has 12 heteroatoms. The van der Waals surface area contributed by atoms with Crippen molar-refractivity contribution in [3.05, 3.63) is 116 Å². The van der Waals surface area contributed by atoms with Crippen LogP contribution in [0.1, 0.15) is 56.3 Å². The zero-order valence-corrected chi connectivity index (χ0v) is 25.8. The molecule has 1 unspecified atom stereocenters. The molecule has 238 valence electrons. The Hall–Kier alpha value is -4.74. The molecule has 0 radical (unpaired) electrons. The number of aromatic carboxylic acids is 1. The van der Waals surface area contributed by atoms with Crippen LogP contribution in [0, 0.1) is 5.82 Å². The van der Waals surface area contributed by atoms with Gasteiger partial charge in [-0.1, -0.05) is 41.9 Å². The Morgan fingerprint density at radius 1 is 1.00 bits per heavy atom. The van der Waals surface area contributed by atoms with Gasteiger partial charge in [0.2, 0.25) is 0 Å². The molecule has 1 saturated heterocycles. The number of carboxylic acids is 1. The number of aromatic nitrogens is 2. The number of hydrogen-bond donors (Lipinski definition) is 2. The van der Waals surface area contributed by atoms with Gasteiger partial charge in [0.1, 0.15) is 11.6 Å². The maximum absolute atomic E-state index is 14.8. The minimum absolute atomic E-state index is 0.0352. The first-order valence-electron chi connectivity index (χ1n) is 15.0. The number of ketones is 1. The first-order chi connectivity index (χ1) is 22.2. The number of carbonyl (C=O) groups excluding carboxylic acids is 2. The highest BCUT2D eigenvalue weighted by molar-refractivity contribution is 6.30. The van der Waals surface area contributed by atoms with Crippen LogP contribution >= 0.6 is 11.6 Å². The molecule has 4 aromatic rings. The summed E-state index contributed by atoms with van der Waals surface area (Å²) in [5.74, 6) is -2.79. The van der Waals surface area contributed by atoms with E-state index in [2.05, 4.69) is 10.00 Å². The van der Waals surface area contributed by atoms with E-state index in [1.165, 1.54) is 41.4 Å². The van der Waals surface area contributed by atoms with Crippen molar-refractivity contribution >= 4 is 34.9 Å². The normalized spacial score (nSPS) is 16.7. The van der Waals surface area contributed by atoms with Gasteiger partial charge in [-0.3, -0.25) is 24.2 Å². The van der Waals surface area contributed by atoms with Gasteiger partial charge in [0.05, 0.1) is 22.4 Å². The zero-order valence-electron chi connectivity index (χ0n) is 25.0. The van der Waals surface area contributed by atoms with Gasteiger partial charge in [-0.15, -0.1) is 0 Å². The molecule has 3 heterocycles. The number of ether oxygens (including phenoxy) is 1. The average molecular weight is 647 g/mol. The number of hydrogen-bond acceptors (Lipinski definition) is 6.